The van der Waals surface area contributed by atoms with Gasteiger partial charge in [-0.2, -0.15) is 12.6 Å². The molecule has 0 unspecified atom stereocenters. The van der Waals surface area contributed by atoms with Crippen molar-refractivity contribution >= 4 is 34.2 Å². The largest absolute Gasteiger partial charge is 0.381 e. The number of rotatable bonds is 4. The molecule has 0 aliphatic carbocycles. The Hall–Kier alpha value is -0.860. The van der Waals surface area contributed by atoms with Gasteiger partial charge in [-0.25, -0.2) is 0 Å². The molecular weight excluding hydrogens is 348 g/mol. The van der Waals surface area contributed by atoms with Crippen LogP contribution in [0.2, 0.25) is 0 Å². The molecule has 1 aromatic rings. The van der Waals surface area contributed by atoms with Crippen LogP contribution in [0.25, 0.3) is 0 Å². The zero-order valence-electron chi connectivity index (χ0n) is 10.7. The van der Waals surface area contributed by atoms with Crippen molar-refractivity contribution in [2.24, 2.45) is 5.41 Å². The van der Waals surface area contributed by atoms with Gasteiger partial charge in [-0.3, -0.25) is 14.9 Å². The molecule has 20 heavy (non-hydrogen) atoms. The van der Waals surface area contributed by atoms with Crippen LogP contribution in [0.3, 0.4) is 0 Å². The summed E-state index contributed by atoms with van der Waals surface area (Å²) >= 11 is 7.60. The van der Waals surface area contributed by atoms with Gasteiger partial charge < -0.3 is 9.30 Å². The lowest BCUT2D eigenvalue weighted by molar-refractivity contribution is -0.386. The molecule has 8 heteroatoms. The first kappa shape index (κ1) is 15.5. The Bertz CT molecular complexity index is 569. The Morgan fingerprint density at radius 3 is 2.70 bits per heavy atom. The molecule has 0 radical (unpaired) electrons. The Balaban J connectivity index is 2.37. The number of aromatic nitrogens is 1. The first-order valence-corrected chi connectivity index (χ1v) is 7.63. The molecule has 0 aromatic carbocycles. The van der Waals surface area contributed by atoms with E-state index in [0.717, 1.165) is 12.8 Å². The highest BCUT2D eigenvalue weighted by molar-refractivity contribution is 9.10. The highest BCUT2D eigenvalue weighted by Gasteiger charge is 2.33. The van der Waals surface area contributed by atoms with Crippen molar-refractivity contribution in [2.45, 2.75) is 19.4 Å². The Kier molecular flexibility index (Phi) is 4.87. The monoisotopic (exact) mass is 362 g/mol. The van der Waals surface area contributed by atoms with E-state index in [1.807, 2.05) is 0 Å². The zero-order valence-corrected chi connectivity index (χ0v) is 13.2. The van der Waals surface area contributed by atoms with Crippen molar-refractivity contribution in [1.82, 2.24) is 4.57 Å². The highest BCUT2D eigenvalue weighted by atomic mass is 79.9. The third kappa shape index (κ3) is 3.24. The Morgan fingerprint density at radius 1 is 1.50 bits per heavy atom. The average Bonchev–Trinajstić information content (AvgIpc) is 2.43. The molecule has 1 aliphatic heterocycles. The summed E-state index contributed by atoms with van der Waals surface area (Å²) in [4.78, 5) is 22.4. The normalized spacial score (nSPS) is 17.9. The van der Waals surface area contributed by atoms with Gasteiger partial charge in [0.1, 0.15) is 0 Å². The van der Waals surface area contributed by atoms with Crippen LogP contribution in [-0.2, 0) is 11.3 Å². The van der Waals surface area contributed by atoms with E-state index in [1.165, 1.54) is 10.6 Å². The van der Waals surface area contributed by atoms with Crippen molar-refractivity contribution in [3.8, 4) is 0 Å². The maximum atomic E-state index is 12.1. The number of thiol groups is 1. The van der Waals surface area contributed by atoms with Gasteiger partial charge in [0.25, 0.3) is 0 Å². The minimum atomic E-state index is -0.652. The molecule has 1 fully saturated rings. The molecule has 0 saturated carbocycles. The zero-order chi connectivity index (χ0) is 14.8. The molecule has 1 aliphatic rings. The highest BCUT2D eigenvalue weighted by Crippen LogP contribution is 2.33. The van der Waals surface area contributed by atoms with Crippen LogP contribution in [0.1, 0.15) is 12.8 Å². The quantitative estimate of drug-likeness (QED) is 0.506. The SMILES string of the molecule is O=c1c([N+](=O)[O-])cc(Br)cn1CC1(CS)CCOCC1. The molecule has 0 amide bonds. The van der Waals surface area contributed by atoms with Gasteiger partial charge in [0, 0.05) is 41.9 Å². The maximum absolute atomic E-state index is 12.1. The van der Waals surface area contributed by atoms with E-state index in [9.17, 15) is 14.9 Å². The standard InChI is InChI=1S/C12H15BrN2O4S/c13-9-5-10(15(17)18)11(16)14(6-9)7-12(8-20)1-3-19-4-2-12/h5-6,20H,1-4,7-8H2. The lowest BCUT2D eigenvalue weighted by Crippen LogP contribution is -2.38. The summed E-state index contributed by atoms with van der Waals surface area (Å²) in [6, 6.07) is 1.23. The van der Waals surface area contributed by atoms with Crippen LogP contribution in [0.4, 0.5) is 5.69 Å². The average molecular weight is 363 g/mol. The van der Waals surface area contributed by atoms with Crippen molar-refractivity contribution in [2.75, 3.05) is 19.0 Å². The van der Waals surface area contributed by atoms with Gasteiger partial charge in [-0.15, -0.1) is 0 Å². The number of ether oxygens (including phenoxy) is 1. The Labute approximate surface area is 129 Å². The summed E-state index contributed by atoms with van der Waals surface area (Å²) in [7, 11) is 0. The molecule has 2 heterocycles. The third-order valence-corrected chi connectivity index (χ3v) is 4.73. The Morgan fingerprint density at radius 2 is 2.15 bits per heavy atom. The van der Waals surface area contributed by atoms with Crippen molar-refractivity contribution in [1.29, 1.82) is 0 Å². The number of pyridine rings is 1. The van der Waals surface area contributed by atoms with E-state index in [0.29, 0.717) is 30.0 Å². The molecule has 0 N–H and O–H groups in total. The first-order valence-electron chi connectivity index (χ1n) is 6.20. The fourth-order valence-electron chi connectivity index (χ4n) is 2.36. The van der Waals surface area contributed by atoms with E-state index in [2.05, 4.69) is 28.6 Å². The molecule has 6 nitrogen and oxygen atoms in total. The van der Waals surface area contributed by atoms with Gasteiger partial charge in [-0.1, -0.05) is 0 Å². The van der Waals surface area contributed by atoms with E-state index in [1.54, 1.807) is 6.20 Å². The number of halogens is 1. The van der Waals surface area contributed by atoms with Gasteiger partial charge in [0.05, 0.1) is 4.92 Å². The summed E-state index contributed by atoms with van der Waals surface area (Å²) in [5.74, 6) is 0.614. The summed E-state index contributed by atoms with van der Waals surface area (Å²) in [6.45, 7) is 1.68. The predicted molar refractivity (Wildman–Crippen MR) is 81.4 cm³/mol. The smallest absolute Gasteiger partial charge is 0.335 e. The van der Waals surface area contributed by atoms with Gasteiger partial charge in [-0.05, 0) is 34.5 Å². The minimum absolute atomic E-state index is 0.153. The topological polar surface area (TPSA) is 74.4 Å². The van der Waals surface area contributed by atoms with Crippen LogP contribution in [0.15, 0.2) is 21.5 Å². The van der Waals surface area contributed by atoms with Crippen molar-refractivity contribution in [3.05, 3.63) is 37.2 Å². The predicted octanol–water partition coefficient (Wildman–Crippen LogP) is 2.25. The second-order valence-corrected chi connectivity index (χ2v) is 6.24. The molecule has 0 bridgehead atoms. The molecule has 1 aromatic heterocycles. The number of nitro groups is 1. The molecular formula is C12H15BrN2O4S. The summed E-state index contributed by atoms with van der Waals surface area (Å²) in [5.41, 5.74) is -1.15. The van der Waals surface area contributed by atoms with Crippen LogP contribution in [0.5, 0.6) is 0 Å². The lowest BCUT2D eigenvalue weighted by atomic mass is 9.82. The maximum Gasteiger partial charge on any atom is 0.335 e. The summed E-state index contributed by atoms with van der Waals surface area (Å²) in [6.07, 6.45) is 3.18. The van der Waals surface area contributed by atoms with E-state index in [-0.39, 0.29) is 5.41 Å². The number of nitrogens with zero attached hydrogens (tertiary/aromatic N) is 2. The minimum Gasteiger partial charge on any atom is -0.381 e. The molecule has 0 atom stereocenters. The van der Waals surface area contributed by atoms with Crippen LogP contribution in [-0.4, -0.2) is 28.5 Å². The van der Waals surface area contributed by atoms with Gasteiger partial charge in [0.2, 0.25) is 0 Å². The van der Waals surface area contributed by atoms with Gasteiger partial charge >= 0.3 is 11.2 Å². The van der Waals surface area contributed by atoms with Gasteiger partial charge in [0.15, 0.2) is 0 Å². The summed E-state index contributed by atoms with van der Waals surface area (Å²) in [5, 5.41) is 10.9. The van der Waals surface area contributed by atoms with E-state index >= 15 is 0 Å². The molecule has 1 saturated heterocycles. The van der Waals surface area contributed by atoms with Crippen LogP contribution < -0.4 is 5.56 Å². The third-order valence-electron chi connectivity index (χ3n) is 3.63. The fraction of sp³-hybridized carbons (Fsp3) is 0.583. The number of hydrogen-bond acceptors (Lipinski definition) is 5. The van der Waals surface area contributed by atoms with Crippen LogP contribution >= 0.6 is 28.6 Å². The van der Waals surface area contributed by atoms with Crippen molar-refractivity contribution < 1.29 is 9.66 Å². The molecule has 110 valence electrons. The van der Waals surface area contributed by atoms with Crippen molar-refractivity contribution in [3.63, 3.8) is 0 Å². The summed E-state index contributed by atoms with van der Waals surface area (Å²) < 4.78 is 7.27. The first-order chi connectivity index (χ1) is 9.47. The second-order valence-electron chi connectivity index (χ2n) is 5.00. The fourth-order valence-corrected chi connectivity index (χ4v) is 3.24. The second kappa shape index (κ2) is 6.28. The lowest BCUT2D eigenvalue weighted by Gasteiger charge is -2.36. The molecule has 0 spiro atoms. The van der Waals surface area contributed by atoms with E-state index in [4.69, 9.17) is 4.74 Å². The van der Waals surface area contributed by atoms with Crippen LogP contribution in [0, 0.1) is 15.5 Å². The number of hydrogen-bond donors (Lipinski definition) is 1. The molecule has 2 rings (SSSR count). The van der Waals surface area contributed by atoms with E-state index < -0.39 is 16.2 Å².